The molecule has 0 bridgehead atoms. The highest BCUT2D eigenvalue weighted by Crippen LogP contribution is 2.23. The lowest BCUT2D eigenvalue weighted by molar-refractivity contribution is -0.127. The van der Waals surface area contributed by atoms with Gasteiger partial charge in [0.2, 0.25) is 0 Å². The van der Waals surface area contributed by atoms with Gasteiger partial charge in [0, 0.05) is 23.4 Å². The number of aromatic nitrogens is 1. The summed E-state index contributed by atoms with van der Waals surface area (Å²) in [6.07, 6.45) is 0.798. The van der Waals surface area contributed by atoms with Crippen LogP contribution in [0.1, 0.15) is 23.7 Å². The molecule has 0 saturated heterocycles. The minimum absolute atomic E-state index is 0.0767. The van der Waals surface area contributed by atoms with E-state index in [2.05, 4.69) is 10.3 Å². The molecule has 0 radical (unpaired) electrons. The molecule has 1 amide bonds. The van der Waals surface area contributed by atoms with E-state index in [1.165, 1.54) is 13.0 Å². The Kier molecular flexibility index (Phi) is 5.90. The molecular weight excluding hydrogens is 330 g/mol. The Morgan fingerprint density at radius 1 is 1.28 bits per heavy atom. The molecule has 0 aliphatic carbocycles. The summed E-state index contributed by atoms with van der Waals surface area (Å²) in [7, 11) is 1.58. The average molecular weight is 350 g/mol. The molecule has 134 valence electrons. The molecule has 1 atom stereocenters. The summed E-state index contributed by atoms with van der Waals surface area (Å²) in [6, 6.07) is 3.11. The molecule has 5 nitrogen and oxygen atoms in total. The lowest BCUT2D eigenvalue weighted by atomic mass is 10.1. The van der Waals surface area contributed by atoms with Gasteiger partial charge in [0.1, 0.15) is 11.5 Å². The predicted octanol–water partition coefficient (Wildman–Crippen LogP) is 3.07. The van der Waals surface area contributed by atoms with Crippen LogP contribution in [-0.4, -0.2) is 24.1 Å². The first-order valence-corrected chi connectivity index (χ1v) is 7.72. The van der Waals surface area contributed by atoms with Crippen LogP contribution in [0.4, 0.5) is 8.78 Å². The second-order valence-electron chi connectivity index (χ2n) is 5.60. The van der Waals surface area contributed by atoms with Crippen molar-refractivity contribution < 1.29 is 23.0 Å². The number of methoxy groups -OCH3 is 1. The van der Waals surface area contributed by atoms with Crippen LogP contribution in [0, 0.1) is 25.5 Å². The van der Waals surface area contributed by atoms with Gasteiger partial charge in [-0.05, 0) is 32.9 Å². The summed E-state index contributed by atoms with van der Waals surface area (Å²) < 4.78 is 36.7. The Bertz CT molecular complexity index is 781. The van der Waals surface area contributed by atoms with E-state index in [1.807, 2.05) is 13.8 Å². The first kappa shape index (κ1) is 18.6. The highest BCUT2D eigenvalue weighted by atomic mass is 19.2. The van der Waals surface area contributed by atoms with Crippen molar-refractivity contribution in [3.63, 3.8) is 0 Å². The van der Waals surface area contributed by atoms with Gasteiger partial charge >= 0.3 is 0 Å². The highest BCUT2D eigenvalue weighted by molar-refractivity contribution is 5.80. The number of carbonyl (C=O) groups is 1. The van der Waals surface area contributed by atoms with Gasteiger partial charge < -0.3 is 14.8 Å². The van der Waals surface area contributed by atoms with E-state index in [0.717, 1.165) is 29.0 Å². The molecule has 0 aliphatic heterocycles. The number of nitrogens with one attached hydrogen (secondary N) is 1. The predicted molar refractivity (Wildman–Crippen MR) is 88.6 cm³/mol. The number of ether oxygens (including phenoxy) is 2. The molecule has 0 spiro atoms. The molecule has 1 N–H and O–H groups in total. The molecule has 25 heavy (non-hydrogen) atoms. The minimum Gasteiger partial charge on any atom is -0.496 e. The summed E-state index contributed by atoms with van der Waals surface area (Å²) >= 11 is 0. The second kappa shape index (κ2) is 7.92. The maximum Gasteiger partial charge on any atom is 0.261 e. The molecule has 0 saturated carbocycles. The molecule has 1 unspecified atom stereocenters. The van der Waals surface area contributed by atoms with Crippen molar-refractivity contribution in [1.82, 2.24) is 10.3 Å². The number of hydrogen-bond acceptors (Lipinski definition) is 4. The van der Waals surface area contributed by atoms with Crippen LogP contribution in [0.15, 0.2) is 24.4 Å². The van der Waals surface area contributed by atoms with Crippen LogP contribution in [-0.2, 0) is 11.3 Å². The van der Waals surface area contributed by atoms with Crippen LogP contribution in [0.25, 0.3) is 0 Å². The van der Waals surface area contributed by atoms with Crippen LogP contribution in [0.2, 0.25) is 0 Å². The molecule has 2 aromatic rings. The molecule has 1 aromatic heterocycles. The van der Waals surface area contributed by atoms with E-state index in [9.17, 15) is 13.6 Å². The van der Waals surface area contributed by atoms with Crippen molar-refractivity contribution in [2.24, 2.45) is 0 Å². The fraction of sp³-hybridized carbons (Fsp3) is 0.333. The van der Waals surface area contributed by atoms with Gasteiger partial charge in [-0.1, -0.05) is 0 Å². The Morgan fingerprint density at radius 2 is 2.00 bits per heavy atom. The van der Waals surface area contributed by atoms with Crippen molar-refractivity contribution >= 4 is 5.91 Å². The number of amides is 1. The quantitative estimate of drug-likeness (QED) is 0.870. The Labute approximate surface area is 145 Å². The topological polar surface area (TPSA) is 60.5 Å². The van der Waals surface area contributed by atoms with E-state index in [0.29, 0.717) is 5.69 Å². The van der Waals surface area contributed by atoms with Crippen molar-refractivity contribution in [2.45, 2.75) is 33.4 Å². The smallest absolute Gasteiger partial charge is 0.261 e. The molecule has 7 heteroatoms. The number of halogens is 2. The SMILES string of the molecule is COc1c(C)cnc(CNC(=O)C(C)Oc2ccc(F)c(F)c2)c1C. The third-order valence-electron chi connectivity index (χ3n) is 3.75. The van der Waals surface area contributed by atoms with Gasteiger partial charge in [0.05, 0.1) is 19.3 Å². The summed E-state index contributed by atoms with van der Waals surface area (Å²) in [5, 5.41) is 2.71. The van der Waals surface area contributed by atoms with Crippen LogP contribution in [0.5, 0.6) is 11.5 Å². The third-order valence-corrected chi connectivity index (χ3v) is 3.75. The zero-order chi connectivity index (χ0) is 18.6. The highest BCUT2D eigenvalue weighted by Gasteiger charge is 2.17. The van der Waals surface area contributed by atoms with Crippen LogP contribution in [0.3, 0.4) is 0 Å². The summed E-state index contributed by atoms with van der Waals surface area (Å²) in [5.74, 6) is -1.60. The molecular formula is C18H20F2N2O3. The normalized spacial score (nSPS) is 11.8. The molecule has 0 fully saturated rings. The third kappa shape index (κ3) is 4.43. The summed E-state index contributed by atoms with van der Waals surface area (Å²) in [4.78, 5) is 16.4. The number of nitrogens with zero attached hydrogens (tertiary/aromatic N) is 1. The Morgan fingerprint density at radius 3 is 2.64 bits per heavy atom. The summed E-state index contributed by atoms with van der Waals surface area (Å²) in [6.45, 7) is 5.47. The first-order chi connectivity index (χ1) is 11.8. The number of carbonyl (C=O) groups excluding carboxylic acids is 1. The number of pyridine rings is 1. The van der Waals surface area contributed by atoms with Crippen molar-refractivity contribution in [2.75, 3.05) is 7.11 Å². The molecule has 1 aromatic carbocycles. The van der Waals surface area contributed by atoms with Crippen LogP contribution < -0.4 is 14.8 Å². The zero-order valence-corrected chi connectivity index (χ0v) is 14.5. The van der Waals surface area contributed by atoms with E-state index < -0.39 is 23.6 Å². The van der Waals surface area contributed by atoms with E-state index >= 15 is 0 Å². The first-order valence-electron chi connectivity index (χ1n) is 7.72. The van der Waals surface area contributed by atoms with E-state index in [4.69, 9.17) is 9.47 Å². The van der Waals surface area contributed by atoms with Gasteiger partial charge in [-0.3, -0.25) is 9.78 Å². The largest absolute Gasteiger partial charge is 0.496 e. The maximum absolute atomic E-state index is 13.2. The van der Waals surface area contributed by atoms with Gasteiger partial charge in [0.25, 0.3) is 5.91 Å². The standard InChI is InChI=1S/C18H20F2N2O3/c1-10-8-21-16(11(2)17(10)24-4)9-22-18(23)12(3)25-13-5-6-14(19)15(20)7-13/h5-8,12H,9H2,1-4H3,(H,22,23). The van der Waals surface area contributed by atoms with Gasteiger partial charge in [-0.15, -0.1) is 0 Å². The average Bonchev–Trinajstić information content (AvgIpc) is 2.57. The summed E-state index contributed by atoms with van der Waals surface area (Å²) in [5.41, 5.74) is 2.43. The Balaban J connectivity index is 1.99. The fourth-order valence-electron chi connectivity index (χ4n) is 2.37. The minimum atomic E-state index is -1.03. The zero-order valence-electron chi connectivity index (χ0n) is 14.5. The van der Waals surface area contributed by atoms with E-state index in [-0.39, 0.29) is 12.3 Å². The van der Waals surface area contributed by atoms with Gasteiger partial charge in [-0.25, -0.2) is 8.78 Å². The lowest BCUT2D eigenvalue weighted by Gasteiger charge is -2.16. The molecule has 1 heterocycles. The number of benzene rings is 1. The van der Waals surface area contributed by atoms with Crippen molar-refractivity contribution in [1.29, 1.82) is 0 Å². The van der Waals surface area contributed by atoms with Crippen molar-refractivity contribution in [3.8, 4) is 11.5 Å². The van der Waals surface area contributed by atoms with Crippen LogP contribution >= 0.6 is 0 Å². The lowest BCUT2D eigenvalue weighted by Crippen LogP contribution is -2.36. The fourth-order valence-corrected chi connectivity index (χ4v) is 2.37. The monoisotopic (exact) mass is 350 g/mol. The van der Waals surface area contributed by atoms with Gasteiger partial charge in [0.15, 0.2) is 17.7 Å². The van der Waals surface area contributed by atoms with Gasteiger partial charge in [-0.2, -0.15) is 0 Å². The van der Waals surface area contributed by atoms with Crippen molar-refractivity contribution in [3.05, 3.63) is 52.9 Å². The van der Waals surface area contributed by atoms with E-state index in [1.54, 1.807) is 13.3 Å². The maximum atomic E-state index is 13.2. The molecule has 2 rings (SSSR count). The number of rotatable bonds is 6. The Hall–Kier alpha value is -2.70. The second-order valence-corrected chi connectivity index (χ2v) is 5.60. The number of aryl methyl sites for hydroxylation is 1. The molecule has 0 aliphatic rings. The number of hydrogen-bond donors (Lipinski definition) is 1.